The van der Waals surface area contributed by atoms with Gasteiger partial charge in [0, 0.05) is 32.7 Å². The van der Waals surface area contributed by atoms with Crippen LogP contribution in [0.5, 0.6) is 0 Å². The second kappa shape index (κ2) is 7.38. The first kappa shape index (κ1) is 16.5. The van der Waals surface area contributed by atoms with Crippen LogP contribution < -0.4 is 5.32 Å². The summed E-state index contributed by atoms with van der Waals surface area (Å²) in [6.07, 6.45) is 0. The van der Waals surface area contributed by atoms with E-state index in [4.69, 9.17) is 4.74 Å². The summed E-state index contributed by atoms with van der Waals surface area (Å²) >= 11 is 3.61. The zero-order chi connectivity index (χ0) is 15.4. The van der Waals surface area contributed by atoms with E-state index in [0.717, 1.165) is 35.5 Å². The Morgan fingerprint density at radius 1 is 1.52 bits per heavy atom. The first-order valence-corrected chi connectivity index (χ1v) is 8.20. The number of nitrogens with zero attached hydrogens (tertiary/aromatic N) is 3. The van der Waals surface area contributed by atoms with Crippen molar-refractivity contribution >= 4 is 21.9 Å². The Kier molecular flexibility index (Phi) is 5.78. The molecular weight excluding hydrogens is 336 g/mol. The fourth-order valence-corrected chi connectivity index (χ4v) is 3.03. The summed E-state index contributed by atoms with van der Waals surface area (Å²) in [7, 11) is 0. The van der Waals surface area contributed by atoms with Gasteiger partial charge in [-0.15, -0.1) is 0 Å². The summed E-state index contributed by atoms with van der Waals surface area (Å²) in [5, 5.41) is 7.77. The topological polar surface area (TPSA) is 59.4 Å². The van der Waals surface area contributed by atoms with Gasteiger partial charge in [-0.25, -0.2) is 0 Å². The van der Waals surface area contributed by atoms with Crippen LogP contribution in [0.15, 0.2) is 4.47 Å². The highest BCUT2D eigenvalue weighted by atomic mass is 79.9. The molecule has 2 rings (SSSR count). The van der Waals surface area contributed by atoms with Crippen molar-refractivity contribution in [1.29, 1.82) is 0 Å². The monoisotopic (exact) mass is 358 g/mol. The molecule has 1 fully saturated rings. The molecule has 1 aliphatic rings. The number of halogens is 1. The van der Waals surface area contributed by atoms with Crippen LogP contribution in [-0.2, 0) is 22.6 Å². The number of aromatic nitrogens is 2. The number of esters is 1. The maximum Gasteiger partial charge on any atom is 0.324 e. The van der Waals surface area contributed by atoms with Crippen molar-refractivity contribution in [2.45, 2.75) is 39.9 Å². The molecule has 1 N–H and O–H groups in total. The number of carbonyl (C=O) groups is 1. The summed E-state index contributed by atoms with van der Waals surface area (Å²) in [5.74, 6) is -0.153. The predicted octanol–water partition coefficient (Wildman–Crippen LogP) is 1.31. The quantitative estimate of drug-likeness (QED) is 0.804. The van der Waals surface area contributed by atoms with E-state index in [1.165, 1.54) is 0 Å². The lowest BCUT2D eigenvalue weighted by molar-refractivity contribution is -0.150. The Labute approximate surface area is 133 Å². The van der Waals surface area contributed by atoms with Crippen LogP contribution in [0.1, 0.15) is 25.2 Å². The second-order valence-electron chi connectivity index (χ2n) is 5.10. The van der Waals surface area contributed by atoms with Crippen molar-refractivity contribution in [1.82, 2.24) is 20.0 Å². The maximum absolute atomic E-state index is 12.1. The van der Waals surface area contributed by atoms with Crippen LogP contribution in [0.2, 0.25) is 0 Å². The van der Waals surface area contributed by atoms with Crippen LogP contribution >= 0.6 is 15.9 Å². The summed E-state index contributed by atoms with van der Waals surface area (Å²) in [6, 6.07) is -0.230. The van der Waals surface area contributed by atoms with Gasteiger partial charge in [-0.1, -0.05) is 0 Å². The summed E-state index contributed by atoms with van der Waals surface area (Å²) < 4.78 is 8.21. The molecule has 7 heteroatoms. The Morgan fingerprint density at radius 2 is 2.29 bits per heavy atom. The number of carbonyl (C=O) groups excluding carboxylic acids is 1. The van der Waals surface area contributed by atoms with Crippen LogP contribution in [0.3, 0.4) is 0 Å². The maximum atomic E-state index is 12.1. The lowest BCUT2D eigenvalue weighted by Crippen LogP contribution is -2.55. The molecule has 1 saturated heterocycles. The number of nitrogens with one attached hydrogen (secondary N) is 1. The molecular formula is C14H23BrN4O2. The smallest absolute Gasteiger partial charge is 0.324 e. The second-order valence-corrected chi connectivity index (χ2v) is 5.90. The third-order valence-electron chi connectivity index (χ3n) is 3.72. The first-order valence-electron chi connectivity index (χ1n) is 7.41. The highest BCUT2D eigenvalue weighted by molar-refractivity contribution is 9.10. The minimum Gasteiger partial charge on any atom is -0.465 e. The molecule has 0 spiro atoms. The van der Waals surface area contributed by atoms with Gasteiger partial charge in [0.05, 0.1) is 22.5 Å². The van der Waals surface area contributed by atoms with Crippen molar-refractivity contribution in [2.24, 2.45) is 0 Å². The normalized spacial score (nSPS) is 19.7. The third-order valence-corrected chi connectivity index (χ3v) is 4.75. The van der Waals surface area contributed by atoms with Gasteiger partial charge in [-0.05, 0) is 36.7 Å². The van der Waals surface area contributed by atoms with E-state index >= 15 is 0 Å². The fourth-order valence-electron chi connectivity index (χ4n) is 2.62. The SMILES string of the molecule is CCOC(=O)C1CNCCN1Cc1c(Br)c(C)nn1CC. The lowest BCUT2D eigenvalue weighted by atomic mass is 10.2. The molecule has 1 aromatic heterocycles. The minimum absolute atomic E-state index is 0.153. The zero-order valence-corrected chi connectivity index (χ0v) is 14.4. The van der Waals surface area contributed by atoms with E-state index in [9.17, 15) is 4.79 Å². The molecule has 21 heavy (non-hydrogen) atoms. The number of aryl methyl sites for hydroxylation is 2. The standard InChI is InChI=1S/C14H23BrN4O2/c1-4-19-12(13(15)10(3)17-19)9-18-7-6-16-8-11(18)14(20)21-5-2/h11,16H,4-9H2,1-3H3. The van der Waals surface area contributed by atoms with Crippen molar-refractivity contribution in [3.8, 4) is 0 Å². The number of hydrogen-bond donors (Lipinski definition) is 1. The molecule has 1 atom stereocenters. The van der Waals surface area contributed by atoms with Crippen molar-refractivity contribution in [3.05, 3.63) is 15.9 Å². The van der Waals surface area contributed by atoms with Crippen molar-refractivity contribution in [2.75, 3.05) is 26.2 Å². The molecule has 0 aliphatic carbocycles. The van der Waals surface area contributed by atoms with Crippen LogP contribution in [0.4, 0.5) is 0 Å². The average Bonchev–Trinajstić information content (AvgIpc) is 2.76. The molecule has 0 radical (unpaired) electrons. The Morgan fingerprint density at radius 3 is 2.95 bits per heavy atom. The van der Waals surface area contributed by atoms with Crippen LogP contribution in [0, 0.1) is 6.92 Å². The Hall–Kier alpha value is -0.920. The highest BCUT2D eigenvalue weighted by Crippen LogP contribution is 2.23. The molecule has 6 nitrogen and oxygen atoms in total. The van der Waals surface area contributed by atoms with E-state index in [1.54, 1.807) is 0 Å². The number of ether oxygens (including phenoxy) is 1. The van der Waals surface area contributed by atoms with Gasteiger partial charge in [-0.3, -0.25) is 14.4 Å². The minimum atomic E-state index is -0.230. The van der Waals surface area contributed by atoms with Crippen LogP contribution in [-0.4, -0.2) is 52.9 Å². The molecule has 118 valence electrons. The summed E-state index contributed by atoms with van der Waals surface area (Å²) in [4.78, 5) is 14.3. The van der Waals surface area contributed by atoms with Crippen LogP contribution in [0.25, 0.3) is 0 Å². The highest BCUT2D eigenvalue weighted by Gasteiger charge is 2.31. The molecule has 1 aliphatic heterocycles. The van der Waals surface area contributed by atoms with E-state index in [2.05, 4.69) is 38.2 Å². The van der Waals surface area contributed by atoms with E-state index in [1.807, 2.05) is 18.5 Å². The number of rotatable bonds is 5. The number of hydrogen-bond acceptors (Lipinski definition) is 5. The van der Waals surface area contributed by atoms with Gasteiger partial charge in [0.1, 0.15) is 6.04 Å². The van der Waals surface area contributed by atoms with Gasteiger partial charge in [0.2, 0.25) is 0 Å². The molecule has 2 heterocycles. The first-order chi connectivity index (χ1) is 10.1. The lowest BCUT2D eigenvalue weighted by Gasteiger charge is -2.34. The molecule has 0 bridgehead atoms. The number of piperazine rings is 1. The molecule has 0 amide bonds. The third kappa shape index (κ3) is 3.64. The van der Waals surface area contributed by atoms with Gasteiger partial charge < -0.3 is 10.1 Å². The Balaban J connectivity index is 2.17. The average molecular weight is 359 g/mol. The van der Waals surface area contributed by atoms with Gasteiger partial charge in [0.15, 0.2) is 0 Å². The van der Waals surface area contributed by atoms with E-state index in [-0.39, 0.29) is 12.0 Å². The van der Waals surface area contributed by atoms with Crippen molar-refractivity contribution < 1.29 is 9.53 Å². The molecule has 1 unspecified atom stereocenters. The van der Waals surface area contributed by atoms with Gasteiger partial charge >= 0.3 is 5.97 Å². The molecule has 1 aromatic rings. The van der Waals surface area contributed by atoms with Gasteiger partial charge in [-0.2, -0.15) is 5.10 Å². The fraction of sp³-hybridized carbons (Fsp3) is 0.714. The van der Waals surface area contributed by atoms with Crippen molar-refractivity contribution in [3.63, 3.8) is 0 Å². The largest absolute Gasteiger partial charge is 0.465 e. The summed E-state index contributed by atoms with van der Waals surface area (Å²) in [6.45, 7) is 10.2. The predicted molar refractivity (Wildman–Crippen MR) is 84.0 cm³/mol. The Bertz CT molecular complexity index is 503. The molecule has 0 saturated carbocycles. The summed E-state index contributed by atoms with van der Waals surface area (Å²) in [5.41, 5.74) is 2.10. The van der Waals surface area contributed by atoms with Gasteiger partial charge in [0.25, 0.3) is 0 Å². The van der Waals surface area contributed by atoms with E-state index in [0.29, 0.717) is 19.7 Å². The molecule has 0 aromatic carbocycles. The zero-order valence-electron chi connectivity index (χ0n) is 12.9. The van der Waals surface area contributed by atoms with E-state index < -0.39 is 0 Å².